The van der Waals surface area contributed by atoms with Gasteiger partial charge in [-0.25, -0.2) is 4.79 Å². The summed E-state index contributed by atoms with van der Waals surface area (Å²) in [4.78, 5) is 35.0. The quantitative estimate of drug-likeness (QED) is 0.426. The van der Waals surface area contributed by atoms with Crippen molar-refractivity contribution < 1.29 is 37.9 Å². The molecule has 0 spiro atoms. The molecule has 1 aromatic rings. The van der Waals surface area contributed by atoms with E-state index in [0.717, 1.165) is 0 Å². The summed E-state index contributed by atoms with van der Waals surface area (Å²) in [7, 11) is 0. The summed E-state index contributed by atoms with van der Waals surface area (Å²) in [6, 6.07) is 3.28. The second kappa shape index (κ2) is 8.75. The monoisotopic (exact) mass is 366 g/mol. The third kappa shape index (κ3) is 4.57. The number of nitrogens with zero attached hydrogens (tertiary/aromatic N) is 1. The fraction of sp³-hybridized carbons (Fsp3) is 0.556. The van der Waals surface area contributed by atoms with Gasteiger partial charge in [0.15, 0.2) is 18.5 Å². The average molecular weight is 366 g/mol. The Morgan fingerprint density at radius 1 is 1.12 bits per heavy atom. The van der Waals surface area contributed by atoms with Gasteiger partial charge in [0.2, 0.25) is 6.10 Å². The molecular weight excluding hydrogens is 342 g/mol. The number of carbonyl (C=O) groups excluding carboxylic acids is 3. The van der Waals surface area contributed by atoms with E-state index in [1.54, 1.807) is 36.0 Å². The molecule has 4 atom stereocenters. The van der Waals surface area contributed by atoms with Crippen LogP contribution in [0, 0.1) is 0 Å². The highest BCUT2D eigenvalue weighted by atomic mass is 16.6. The van der Waals surface area contributed by atoms with E-state index >= 15 is 0 Å². The molecule has 1 aliphatic heterocycles. The zero-order chi connectivity index (χ0) is 19.3. The van der Waals surface area contributed by atoms with Crippen LogP contribution in [0.5, 0.6) is 0 Å². The zero-order valence-electron chi connectivity index (χ0n) is 15.3. The second-order valence-electron chi connectivity index (χ2n) is 5.88. The minimum Gasteiger partial charge on any atom is -0.462 e. The average Bonchev–Trinajstić information content (AvgIpc) is 2.91. The van der Waals surface area contributed by atoms with Crippen LogP contribution >= 0.6 is 0 Å². The molecule has 0 radical (unpaired) electrons. The van der Waals surface area contributed by atoms with Crippen molar-refractivity contribution in [3.05, 3.63) is 30.1 Å². The highest BCUT2D eigenvalue weighted by molar-refractivity contribution is 5.88. The maximum Gasteiger partial charge on any atom is 0.344 e. The SMILES string of the molecule is CCOC(=O)c1ccc[n+]([C@@H]2O[C@H](CC)C(OC(C)=O)[C@@H]2OC(C)=O)c1. The van der Waals surface area contributed by atoms with Crippen molar-refractivity contribution in [2.45, 2.75) is 58.7 Å². The predicted molar refractivity (Wildman–Crippen MR) is 87.9 cm³/mol. The number of rotatable bonds is 6. The Labute approximate surface area is 152 Å². The van der Waals surface area contributed by atoms with E-state index in [0.29, 0.717) is 12.0 Å². The number of carbonyl (C=O) groups is 3. The van der Waals surface area contributed by atoms with E-state index in [4.69, 9.17) is 18.9 Å². The Hall–Kier alpha value is -2.48. The minimum absolute atomic E-state index is 0.260. The standard InChI is InChI=1S/C18H24NO7/c1-5-14-15(24-11(3)20)16(25-12(4)21)17(26-14)19-9-7-8-13(10-19)18(22)23-6-2/h7-10,14-17H,5-6H2,1-4H3/q+1/t14-,15?,16+,17-/m1/s1. The smallest absolute Gasteiger partial charge is 0.344 e. The Balaban J connectivity index is 2.36. The molecule has 142 valence electrons. The van der Waals surface area contributed by atoms with Crippen LogP contribution in [0.1, 0.15) is 50.7 Å². The summed E-state index contributed by atoms with van der Waals surface area (Å²) in [5, 5.41) is 0. The van der Waals surface area contributed by atoms with Gasteiger partial charge in [0.25, 0.3) is 0 Å². The highest BCUT2D eigenvalue weighted by Gasteiger charge is 2.53. The summed E-state index contributed by atoms with van der Waals surface area (Å²) < 4.78 is 23.3. The first-order chi connectivity index (χ1) is 12.4. The Bertz CT molecular complexity index is 675. The molecule has 0 bridgehead atoms. The van der Waals surface area contributed by atoms with Crippen molar-refractivity contribution in [3.8, 4) is 0 Å². The van der Waals surface area contributed by atoms with Gasteiger partial charge < -0.3 is 18.9 Å². The van der Waals surface area contributed by atoms with Crippen molar-refractivity contribution in [2.24, 2.45) is 0 Å². The predicted octanol–water partition coefficient (Wildman–Crippen LogP) is 1.32. The molecule has 0 amide bonds. The molecule has 1 aromatic heterocycles. The molecule has 1 saturated heterocycles. The van der Waals surface area contributed by atoms with Crippen LogP contribution in [-0.2, 0) is 28.5 Å². The first kappa shape index (κ1) is 19.8. The van der Waals surface area contributed by atoms with Gasteiger partial charge >= 0.3 is 24.1 Å². The van der Waals surface area contributed by atoms with Crippen molar-refractivity contribution in [2.75, 3.05) is 6.61 Å². The normalized spacial score (nSPS) is 24.8. The number of ether oxygens (including phenoxy) is 4. The molecule has 0 aromatic carbocycles. The Morgan fingerprint density at radius 3 is 2.35 bits per heavy atom. The lowest BCUT2D eigenvalue weighted by Gasteiger charge is -2.21. The third-order valence-electron chi connectivity index (χ3n) is 3.92. The zero-order valence-corrected chi connectivity index (χ0v) is 15.3. The van der Waals surface area contributed by atoms with E-state index in [1.165, 1.54) is 13.8 Å². The maximum atomic E-state index is 12.0. The number of pyridine rings is 1. The molecule has 1 aliphatic rings. The first-order valence-corrected chi connectivity index (χ1v) is 8.55. The van der Waals surface area contributed by atoms with Gasteiger partial charge in [0.05, 0.1) is 6.61 Å². The van der Waals surface area contributed by atoms with Gasteiger partial charge in [-0.1, -0.05) is 6.92 Å². The number of aromatic nitrogens is 1. The molecule has 8 nitrogen and oxygen atoms in total. The van der Waals surface area contributed by atoms with Gasteiger partial charge in [-0.3, -0.25) is 9.59 Å². The van der Waals surface area contributed by atoms with Crippen LogP contribution in [0.2, 0.25) is 0 Å². The number of esters is 3. The van der Waals surface area contributed by atoms with Crippen LogP contribution in [0.3, 0.4) is 0 Å². The fourth-order valence-electron chi connectivity index (χ4n) is 2.91. The first-order valence-electron chi connectivity index (χ1n) is 8.55. The molecular formula is C18H24NO7+. The molecule has 0 saturated carbocycles. The van der Waals surface area contributed by atoms with Crippen molar-refractivity contribution in [1.29, 1.82) is 0 Å². The van der Waals surface area contributed by atoms with E-state index in [9.17, 15) is 14.4 Å². The van der Waals surface area contributed by atoms with Crippen molar-refractivity contribution in [1.82, 2.24) is 0 Å². The summed E-state index contributed by atoms with van der Waals surface area (Å²) in [6.45, 7) is 6.44. The molecule has 8 heteroatoms. The van der Waals surface area contributed by atoms with Crippen molar-refractivity contribution in [3.63, 3.8) is 0 Å². The van der Waals surface area contributed by atoms with Crippen LogP contribution in [0.15, 0.2) is 24.5 Å². The molecule has 2 heterocycles. The van der Waals surface area contributed by atoms with E-state index < -0.39 is 42.4 Å². The van der Waals surface area contributed by atoms with Gasteiger partial charge in [-0.05, 0) is 19.4 Å². The topological polar surface area (TPSA) is 92.0 Å². The summed E-state index contributed by atoms with van der Waals surface area (Å²) >= 11 is 0. The Morgan fingerprint density at radius 2 is 1.77 bits per heavy atom. The van der Waals surface area contributed by atoms with E-state index in [2.05, 4.69) is 0 Å². The Kier molecular flexibility index (Phi) is 6.68. The molecule has 26 heavy (non-hydrogen) atoms. The molecule has 1 fully saturated rings. The highest BCUT2D eigenvalue weighted by Crippen LogP contribution is 2.32. The lowest BCUT2D eigenvalue weighted by Crippen LogP contribution is -2.48. The molecule has 0 aliphatic carbocycles. The molecule has 0 N–H and O–H groups in total. The van der Waals surface area contributed by atoms with Gasteiger partial charge in [0, 0.05) is 19.9 Å². The fourth-order valence-corrected chi connectivity index (χ4v) is 2.91. The summed E-state index contributed by atoms with van der Waals surface area (Å²) in [5.41, 5.74) is 0.337. The molecule has 1 unspecified atom stereocenters. The van der Waals surface area contributed by atoms with Crippen LogP contribution in [0.4, 0.5) is 0 Å². The number of hydrogen-bond acceptors (Lipinski definition) is 7. The van der Waals surface area contributed by atoms with E-state index in [-0.39, 0.29) is 6.61 Å². The van der Waals surface area contributed by atoms with Crippen LogP contribution in [-0.4, -0.2) is 42.8 Å². The number of hydrogen-bond donors (Lipinski definition) is 0. The summed E-state index contributed by atoms with van der Waals surface area (Å²) in [5.74, 6) is -1.47. The maximum absolute atomic E-state index is 12.0. The lowest BCUT2D eigenvalue weighted by molar-refractivity contribution is -0.765. The second-order valence-corrected chi connectivity index (χ2v) is 5.88. The molecule has 2 rings (SSSR count). The van der Waals surface area contributed by atoms with E-state index in [1.807, 2.05) is 6.92 Å². The van der Waals surface area contributed by atoms with Crippen LogP contribution in [0.25, 0.3) is 0 Å². The lowest BCUT2D eigenvalue weighted by atomic mass is 10.1. The van der Waals surface area contributed by atoms with Gasteiger partial charge in [0.1, 0.15) is 11.7 Å². The van der Waals surface area contributed by atoms with Crippen LogP contribution < -0.4 is 4.57 Å². The largest absolute Gasteiger partial charge is 0.462 e. The van der Waals surface area contributed by atoms with Crippen molar-refractivity contribution >= 4 is 17.9 Å². The summed E-state index contributed by atoms with van der Waals surface area (Å²) in [6.07, 6.45) is 1.07. The third-order valence-corrected chi connectivity index (χ3v) is 3.92. The van der Waals surface area contributed by atoms with Gasteiger partial charge in [-0.2, -0.15) is 4.57 Å². The minimum atomic E-state index is -0.830. The van der Waals surface area contributed by atoms with Gasteiger partial charge in [-0.15, -0.1) is 0 Å².